The van der Waals surface area contributed by atoms with Crippen LogP contribution in [-0.4, -0.2) is 81.0 Å². The van der Waals surface area contributed by atoms with Crippen LogP contribution in [0.25, 0.3) is 33.2 Å². The molecule has 1 aliphatic heterocycles. The number of nitrogens with zero attached hydrogens (tertiary/aromatic N) is 5. The third kappa shape index (κ3) is 5.94. The number of likely N-dealkylation sites (tertiary alicyclic amines) is 1. The number of fused-ring (bicyclic) bond motifs is 2. The van der Waals surface area contributed by atoms with E-state index >= 15 is 0 Å². The molecule has 10 nitrogen and oxygen atoms in total. The molecule has 4 heterocycles. The van der Waals surface area contributed by atoms with Crippen molar-refractivity contribution in [2.45, 2.75) is 37.6 Å². The Hall–Kier alpha value is -4.20. The number of aliphatic hydroxyl groups excluding tert-OH is 1. The largest absolute Gasteiger partial charge is 0.497 e. The van der Waals surface area contributed by atoms with Gasteiger partial charge in [-0.1, -0.05) is 18.2 Å². The molecule has 3 aromatic heterocycles. The normalized spacial score (nSPS) is 17.9. The second kappa shape index (κ2) is 12.4. The number of para-hydroxylation sites is 1. The second-order valence-electron chi connectivity index (χ2n) is 10.8. The quantitative estimate of drug-likeness (QED) is 0.207. The number of nitrogens with one attached hydrogen (secondary N) is 2. The Kier molecular flexibility index (Phi) is 8.43. The average Bonchev–Trinajstić information content (AvgIpc) is 3.67. The third-order valence-electron chi connectivity index (χ3n) is 8.16. The van der Waals surface area contributed by atoms with E-state index < -0.39 is 12.0 Å². The van der Waals surface area contributed by atoms with Gasteiger partial charge >= 0.3 is 6.18 Å². The fourth-order valence-electron chi connectivity index (χ4n) is 6.01. The molecule has 0 aliphatic carbocycles. The molecule has 0 unspecified atom stereocenters. The van der Waals surface area contributed by atoms with E-state index in [9.17, 15) is 18.3 Å². The Labute approximate surface area is 251 Å². The number of alkyl halides is 3. The number of hydrogen-bond donors (Lipinski definition) is 3. The highest BCUT2D eigenvalue weighted by Crippen LogP contribution is 2.36. The SMILES string of the molecule is COc1ccc2nc(C(F)(F)F)n(CCN3CC[C@H](NCCO)C[C@H]3c3ncc(-c4cc5ccccc5nc4OC)[nH]3)c2c1. The minimum Gasteiger partial charge on any atom is -0.497 e. The van der Waals surface area contributed by atoms with E-state index in [1.807, 2.05) is 30.3 Å². The number of piperidine rings is 1. The predicted octanol–water partition coefficient (Wildman–Crippen LogP) is 4.80. The summed E-state index contributed by atoms with van der Waals surface area (Å²) in [7, 11) is 3.05. The summed E-state index contributed by atoms with van der Waals surface area (Å²) in [6, 6.07) is 14.4. The molecule has 1 saturated heterocycles. The van der Waals surface area contributed by atoms with Crippen molar-refractivity contribution in [3.05, 3.63) is 66.4 Å². The molecule has 0 saturated carbocycles. The first kappa shape index (κ1) is 29.9. The number of methoxy groups -OCH3 is 2. The molecule has 1 aliphatic rings. The molecule has 0 amide bonds. The van der Waals surface area contributed by atoms with Gasteiger partial charge in [-0.3, -0.25) is 4.90 Å². The van der Waals surface area contributed by atoms with Gasteiger partial charge in [-0.2, -0.15) is 13.2 Å². The monoisotopic (exact) mass is 609 g/mol. The van der Waals surface area contributed by atoms with Crippen LogP contribution in [0.4, 0.5) is 13.2 Å². The fraction of sp³-hybridized carbons (Fsp3) is 0.387. The van der Waals surface area contributed by atoms with Crippen LogP contribution in [0, 0.1) is 0 Å². The fourth-order valence-corrected chi connectivity index (χ4v) is 6.01. The highest BCUT2D eigenvalue weighted by molar-refractivity contribution is 5.85. The minimum absolute atomic E-state index is 0.0158. The zero-order valence-electron chi connectivity index (χ0n) is 24.4. The van der Waals surface area contributed by atoms with Gasteiger partial charge in [0, 0.05) is 43.7 Å². The number of rotatable bonds is 10. The van der Waals surface area contributed by atoms with E-state index in [1.54, 1.807) is 31.5 Å². The summed E-state index contributed by atoms with van der Waals surface area (Å²) in [5.74, 6) is 0.679. The predicted molar refractivity (Wildman–Crippen MR) is 160 cm³/mol. The van der Waals surface area contributed by atoms with E-state index in [1.165, 1.54) is 11.7 Å². The Morgan fingerprint density at radius 1 is 1.05 bits per heavy atom. The van der Waals surface area contributed by atoms with Gasteiger partial charge in [-0.15, -0.1) is 0 Å². The van der Waals surface area contributed by atoms with E-state index in [2.05, 4.69) is 25.2 Å². The molecule has 0 radical (unpaired) electrons. The molecule has 2 aromatic carbocycles. The molecule has 44 heavy (non-hydrogen) atoms. The van der Waals surface area contributed by atoms with Crippen molar-refractivity contribution in [1.82, 2.24) is 34.7 Å². The Balaban J connectivity index is 1.32. The van der Waals surface area contributed by atoms with E-state index in [4.69, 9.17) is 14.5 Å². The molecule has 1 fully saturated rings. The van der Waals surface area contributed by atoms with E-state index in [0.29, 0.717) is 49.0 Å². The van der Waals surface area contributed by atoms with Gasteiger partial charge in [-0.25, -0.2) is 15.0 Å². The molecule has 2 atom stereocenters. The maximum absolute atomic E-state index is 14.1. The number of ether oxygens (including phenoxy) is 2. The number of aliphatic hydroxyl groups is 1. The van der Waals surface area contributed by atoms with Crippen LogP contribution in [0.1, 0.15) is 30.5 Å². The van der Waals surface area contributed by atoms with Crippen LogP contribution in [0.15, 0.2) is 54.7 Å². The summed E-state index contributed by atoms with van der Waals surface area (Å²) in [4.78, 5) is 18.9. The number of benzene rings is 2. The maximum atomic E-state index is 14.1. The van der Waals surface area contributed by atoms with E-state index in [0.717, 1.165) is 28.6 Å². The van der Waals surface area contributed by atoms with Crippen LogP contribution in [-0.2, 0) is 12.7 Å². The standard InChI is InChI=1S/C31H34F3N7O3/c1-43-21-7-8-24-26(17-21)41(30(39-24)31(32,33)34)13-12-40-11-9-20(35-10-14-42)16-27(40)28-36-18-25(37-28)22-15-19-5-3-4-6-23(19)38-29(22)44-2/h3-8,15,17-18,20,27,35,42H,9-14,16H2,1-2H3,(H,36,37)/t20-,27-/m0/s1. The van der Waals surface area contributed by atoms with Crippen molar-refractivity contribution in [1.29, 1.82) is 0 Å². The topological polar surface area (TPSA) is 113 Å². The lowest BCUT2D eigenvalue weighted by Crippen LogP contribution is -2.46. The lowest BCUT2D eigenvalue weighted by atomic mass is 9.96. The van der Waals surface area contributed by atoms with Crippen LogP contribution in [0.5, 0.6) is 11.6 Å². The summed E-state index contributed by atoms with van der Waals surface area (Å²) >= 11 is 0. The highest BCUT2D eigenvalue weighted by atomic mass is 19.4. The maximum Gasteiger partial charge on any atom is 0.449 e. The van der Waals surface area contributed by atoms with E-state index in [-0.39, 0.29) is 30.8 Å². The molecule has 3 N–H and O–H groups in total. The molecule has 6 rings (SSSR count). The number of halogens is 3. The molecular weight excluding hydrogens is 575 g/mol. The van der Waals surface area contributed by atoms with Crippen LogP contribution < -0.4 is 14.8 Å². The zero-order chi connectivity index (χ0) is 30.8. The van der Waals surface area contributed by atoms with Gasteiger partial charge in [-0.05, 0) is 37.1 Å². The zero-order valence-corrected chi connectivity index (χ0v) is 24.4. The first-order valence-electron chi connectivity index (χ1n) is 14.5. The second-order valence-corrected chi connectivity index (χ2v) is 10.8. The first-order valence-corrected chi connectivity index (χ1v) is 14.5. The van der Waals surface area contributed by atoms with Gasteiger partial charge in [0.25, 0.3) is 0 Å². The smallest absolute Gasteiger partial charge is 0.449 e. The Morgan fingerprint density at radius 2 is 1.89 bits per heavy atom. The third-order valence-corrected chi connectivity index (χ3v) is 8.16. The lowest BCUT2D eigenvalue weighted by Gasteiger charge is -2.39. The van der Waals surface area contributed by atoms with Crippen LogP contribution in [0.3, 0.4) is 0 Å². The average molecular weight is 610 g/mol. The van der Waals surface area contributed by atoms with Crippen molar-refractivity contribution in [2.24, 2.45) is 0 Å². The van der Waals surface area contributed by atoms with Crippen LogP contribution >= 0.6 is 0 Å². The number of hydrogen-bond acceptors (Lipinski definition) is 8. The summed E-state index contributed by atoms with van der Waals surface area (Å²) in [5, 5.41) is 13.7. The summed E-state index contributed by atoms with van der Waals surface area (Å²) in [5.41, 5.74) is 2.93. The van der Waals surface area contributed by atoms with Gasteiger partial charge in [0.15, 0.2) is 0 Å². The number of aromatic amines is 1. The molecule has 232 valence electrons. The lowest BCUT2D eigenvalue weighted by molar-refractivity contribution is -0.147. The number of pyridine rings is 1. The Morgan fingerprint density at radius 3 is 2.66 bits per heavy atom. The van der Waals surface area contributed by atoms with Crippen molar-refractivity contribution in [3.8, 4) is 22.9 Å². The van der Waals surface area contributed by atoms with Gasteiger partial charge in [0.2, 0.25) is 11.7 Å². The number of aromatic nitrogens is 5. The minimum atomic E-state index is -4.62. The first-order chi connectivity index (χ1) is 21.3. The van der Waals surface area contributed by atoms with Crippen molar-refractivity contribution in [3.63, 3.8) is 0 Å². The van der Waals surface area contributed by atoms with Crippen molar-refractivity contribution >= 4 is 21.9 Å². The molecule has 0 spiro atoms. The summed E-state index contributed by atoms with van der Waals surface area (Å²) in [6.07, 6.45) is -1.44. The molecule has 5 aromatic rings. The number of imidazole rings is 2. The molecular formula is C31H34F3N7O3. The van der Waals surface area contributed by atoms with Gasteiger partial charge < -0.3 is 29.4 Å². The Bertz CT molecular complexity index is 1750. The number of H-pyrrole nitrogens is 1. The summed E-state index contributed by atoms with van der Waals surface area (Å²) < 4.78 is 54.4. The van der Waals surface area contributed by atoms with Crippen LogP contribution in [0.2, 0.25) is 0 Å². The van der Waals surface area contributed by atoms with Crippen molar-refractivity contribution in [2.75, 3.05) is 40.5 Å². The molecule has 13 heteroatoms. The highest BCUT2D eigenvalue weighted by Gasteiger charge is 2.38. The van der Waals surface area contributed by atoms with Gasteiger partial charge in [0.05, 0.1) is 60.9 Å². The van der Waals surface area contributed by atoms with Crippen molar-refractivity contribution < 1.29 is 27.8 Å². The summed E-state index contributed by atoms with van der Waals surface area (Å²) in [6.45, 7) is 1.50. The molecule has 0 bridgehead atoms. The van der Waals surface area contributed by atoms with Gasteiger partial charge in [0.1, 0.15) is 11.6 Å².